The molecule has 1 aromatic rings. The quantitative estimate of drug-likeness (QED) is 0.487. The first kappa shape index (κ1) is 8.35. The Kier molecular flexibility index (Phi) is 2.49. The van der Waals surface area contributed by atoms with Crippen molar-refractivity contribution in [2.45, 2.75) is 6.92 Å². The Labute approximate surface area is 71.2 Å². The summed E-state index contributed by atoms with van der Waals surface area (Å²) in [6.45, 7) is 1.47. The normalized spacial score (nSPS) is 8.67. The zero-order valence-electron chi connectivity index (χ0n) is 6.70. The number of ketones is 1. The molecule has 0 atom stereocenters. The molecule has 0 aliphatic heterocycles. The lowest BCUT2D eigenvalue weighted by Crippen LogP contribution is -1.95. The number of carbonyl (C=O) groups is 1. The van der Waals surface area contributed by atoms with E-state index in [1.165, 1.54) is 6.92 Å². The van der Waals surface area contributed by atoms with Crippen molar-refractivity contribution < 1.29 is 9.53 Å². The minimum atomic E-state index is -0.0548. The first-order chi connectivity index (χ1) is 5.75. The molecule has 0 N–H and O–H groups in total. The summed E-state index contributed by atoms with van der Waals surface area (Å²) in [5, 5.41) is 0. The Balaban J connectivity index is 3.10. The highest BCUT2D eigenvalue weighted by atomic mass is 16.5. The SMILES string of the molecule is C#COc1ccccc1C(C)=O. The fourth-order valence-corrected chi connectivity index (χ4v) is 0.910. The number of benzene rings is 1. The highest BCUT2D eigenvalue weighted by Gasteiger charge is 2.05. The summed E-state index contributed by atoms with van der Waals surface area (Å²) >= 11 is 0. The molecule has 2 nitrogen and oxygen atoms in total. The summed E-state index contributed by atoms with van der Waals surface area (Å²) < 4.78 is 4.81. The van der Waals surface area contributed by atoms with Crippen LogP contribution in [0, 0.1) is 12.5 Å². The Hall–Kier alpha value is -1.75. The van der Waals surface area contributed by atoms with E-state index in [0.717, 1.165) is 0 Å². The van der Waals surface area contributed by atoms with Crippen molar-refractivity contribution in [2.75, 3.05) is 0 Å². The van der Waals surface area contributed by atoms with Crippen LogP contribution in [0.3, 0.4) is 0 Å². The second-order valence-electron chi connectivity index (χ2n) is 2.27. The first-order valence-electron chi connectivity index (χ1n) is 3.48. The number of hydrogen-bond donors (Lipinski definition) is 0. The molecular formula is C10H8O2. The predicted molar refractivity (Wildman–Crippen MR) is 45.9 cm³/mol. The summed E-state index contributed by atoms with van der Waals surface area (Å²) in [7, 11) is 0. The average molecular weight is 160 g/mol. The molecule has 0 heterocycles. The van der Waals surface area contributed by atoms with Crippen LogP contribution in [-0.4, -0.2) is 5.78 Å². The van der Waals surface area contributed by atoms with Gasteiger partial charge in [0.1, 0.15) is 6.11 Å². The van der Waals surface area contributed by atoms with Crippen LogP contribution in [0.1, 0.15) is 17.3 Å². The molecule has 1 aromatic carbocycles. The van der Waals surface area contributed by atoms with Crippen LogP contribution in [0.25, 0.3) is 0 Å². The monoisotopic (exact) mass is 160 g/mol. The summed E-state index contributed by atoms with van der Waals surface area (Å²) in [5.41, 5.74) is 0.510. The summed E-state index contributed by atoms with van der Waals surface area (Å²) in [6, 6.07) is 6.87. The molecule has 0 saturated carbocycles. The summed E-state index contributed by atoms with van der Waals surface area (Å²) in [6.07, 6.45) is 6.97. The lowest BCUT2D eigenvalue weighted by molar-refractivity contribution is 0.101. The molecular weight excluding hydrogens is 152 g/mol. The summed E-state index contributed by atoms with van der Waals surface area (Å²) in [4.78, 5) is 11.0. The minimum Gasteiger partial charge on any atom is -0.407 e. The van der Waals surface area contributed by atoms with Gasteiger partial charge >= 0.3 is 0 Å². The fourth-order valence-electron chi connectivity index (χ4n) is 0.910. The molecule has 0 aliphatic rings. The number of rotatable bonds is 2. The van der Waals surface area contributed by atoms with Crippen molar-refractivity contribution in [3.8, 4) is 18.3 Å². The highest BCUT2D eigenvalue weighted by Crippen LogP contribution is 2.17. The third-order valence-corrected chi connectivity index (χ3v) is 1.44. The van der Waals surface area contributed by atoms with Crippen LogP contribution in [0.2, 0.25) is 0 Å². The zero-order chi connectivity index (χ0) is 8.97. The van der Waals surface area contributed by atoms with Gasteiger partial charge in [0, 0.05) is 0 Å². The average Bonchev–Trinajstić information content (AvgIpc) is 2.05. The van der Waals surface area contributed by atoms with Gasteiger partial charge in [-0.25, -0.2) is 0 Å². The number of terminal acetylenes is 1. The second-order valence-corrected chi connectivity index (χ2v) is 2.27. The minimum absolute atomic E-state index is 0.0548. The van der Waals surface area contributed by atoms with E-state index >= 15 is 0 Å². The molecule has 0 bridgehead atoms. The lowest BCUT2D eigenvalue weighted by atomic mass is 10.1. The van der Waals surface area contributed by atoms with Crippen LogP contribution >= 0.6 is 0 Å². The van der Waals surface area contributed by atoms with Crippen LogP contribution in [0.15, 0.2) is 24.3 Å². The molecule has 2 heteroatoms. The number of Topliss-reactive ketones (excluding diaryl/α,β-unsaturated/α-hetero) is 1. The van der Waals surface area contributed by atoms with Crippen molar-refractivity contribution in [3.63, 3.8) is 0 Å². The maximum atomic E-state index is 11.0. The fraction of sp³-hybridized carbons (Fsp3) is 0.100. The van der Waals surface area contributed by atoms with Crippen LogP contribution in [0.5, 0.6) is 5.75 Å². The van der Waals surface area contributed by atoms with Gasteiger partial charge in [0.2, 0.25) is 0 Å². The van der Waals surface area contributed by atoms with Gasteiger partial charge in [0.25, 0.3) is 0 Å². The third-order valence-electron chi connectivity index (χ3n) is 1.44. The molecule has 0 amide bonds. The van der Waals surface area contributed by atoms with Crippen molar-refractivity contribution in [1.29, 1.82) is 0 Å². The molecule has 1 rings (SSSR count). The molecule has 0 spiro atoms. The van der Waals surface area contributed by atoms with Gasteiger partial charge in [0.15, 0.2) is 11.5 Å². The molecule has 12 heavy (non-hydrogen) atoms. The van der Waals surface area contributed by atoms with Gasteiger partial charge in [-0.3, -0.25) is 4.79 Å². The summed E-state index contributed by atoms with van der Waals surface area (Å²) in [5.74, 6) is 0.383. The van der Waals surface area contributed by atoms with E-state index in [2.05, 4.69) is 0 Å². The second kappa shape index (κ2) is 3.59. The Bertz CT molecular complexity index is 334. The van der Waals surface area contributed by atoms with Crippen molar-refractivity contribution >= 4 is 5.78 Å². The van der Waals surface area contributed by atoms with E-state index in [-0.39, 0.29) is 5.78 Å². The molecule has 0 aliphatic carbocycles. The van der Waals surface area contributed by atoms with Gasteiger partial charge in [0.05, 0.1) is 5.56 Å². The number of hydrogen-bond acceptors (Lipinski definition) is 2. The van der Waals surface area contributed by atoms with Gasteiger partial charge in [-0.1, -0.05) is 18.6 Å². The van der Waals surface area contributed by atoms with Crippen molar-refractivity contribution in [1.82, 2.24) is 0 Å². The van der Waals surface area contributed by atoms with E-state index in [1.807, 2.05) is 6.11 Å². The molecule has 0 aromatic heterocycles. The van der Waals surface area contributed by atoms with Crippen LogP contribution in [0.4, 0.5) is 0 Å². The van der Waals surface area contributed by atoms with Crippen molar-refractivity contribution in [2.24, 2.45) is 0 Å². The van der Waals surface area contributed by atoms with E-state index in [0.29, 0.717) is 11.3 Å². The zero-order valence-corrected chi connectivity index (χ0v) is 6.70. The first-order valence-corrected chi connectivity index (χ1v) is 3.48. The maximum Gasteiger partial charge on any atom is 0.163 e. The van der Waals surface area contributed by atoms with Crippen molar-refractivity contribution in [3.05, 3.63) is 29.8 Å². The number of para-hydroxylation sites is 1. The van der Waals surface area contributed by atoms with E-state index < -0.39 is 0 Å². The third kappa shape index (κ3) is 1.64. The topological polar surface area (TPSA) is 26.3 Å². The van der Waals surface area contributed by atoms with E-state index in [1.54, 1.807) is 24.3 Å². The molecule has 60 valence electrons. The van der Waals surface area contributed by atoms with E-state index in [4.69, 9.17) is 11.2 Å². The van der Waals surface area contributed by atoms with Gasteiger partial charge < -0.3 is 4.74 Å². The van der Waals surface area contributed by atoms with Crippen LogP contribution < -0.4 is 4.74 Å². The molecule has 0 unspecified atom stereocenters. The van der Waals surface area contributed by atoms with Gasteiger partial charge in [-0.15, -0.1) is 0 Å². The Morgan fingerprint density at radius 3 is 2.75 bits per heavy atom. The van der Waals surface area contributed by atoms with Crippen LogP contribution in [-0.2, 0) is 0 Å². The lowest BCUT2D eigenvalue weighted by Gasteiger charge is -2.01. The Morgan fingerprint density at radius 2 is 2.17 bits per heavy atom. The molecule has 0 fully saturated rings. The van der Waals surface area contributed by atoms with Gasteiger partial charge in [-0.2, -0.15) is 0 Å². The molecule has 0 radical (unpaired) electrons. The Morgan fingerprint density at radius 1 is 1.50 bits per heavy atom. The number of ether oxygens (including phenoxy) is 1. The van der Waals surface area contributed by atoms with E-state index in [9.17, 15) is 4.79 Å². The number of carbonyl (C=O) groups excluding carboxylic acids is 1. The maximum absolute atomic E-state index is 11.0. The predicted octanol–water partition coefficient (Wildman–Crippen LogP) is 1.86. The smallest absolute Gasteiger partial charge is 0.163 e. The van der Waals surface area contributed by atoms with Gasteiger partial charge in [-0.05, 0) is 19.1 Å². The largest absolute Gasteiger partial charge is 0.407 e. The highest BCUT2D eigenvalue weighted by molar-refractivity contribution is 5.96. The molecule has 0 saturated heterocycles. The standard InChI is InChI=1S/C10H8O2/c1-3-12-10-7-5-4-6-9(10)8(2)11/h1,4-7H,2H3.